The van der Waals surface area contributed by atoms with E-state index in [1.807, 2.05) is 0 Å². The van der Waals surface area contributed by atoms with Crippen LogP contribution in [-0.4, -0.2) is 22.7 Å². The van der Waals surface area contributed by atoms with E-state index in [9.17, 15) is 9.90 Å². The van der Waals surface area contributed by atoms with Crippen LogP contribution in [0, 0.1) is 11.8 Å². The van der Waals surface area contributed by atoms with Gasteiger partial charge >= 0.3 is 0 Å². The number of carbonyl (C=O) groups is 1. The standard InChI is InChI=1S/C10H15NO2/c1-3-5-9(12)11-8-6-4-7-10(8,2)13/h8,13H,4,6-7H2,1-2H3,(H,11,12). The van der Waals surface area contributed by atoms with Crippen molar-refractivity contribution in [2.75, 3.05) is 0 Å². The minimum atomic E-state index is -0.759. The van der Waals surface area contributed by atoms with E-state index < -0.39 is 5.60 Å². The van der Waals surface area contributed by atoms with Gasteiger partial charge in [0.25, 0.3) is 5.91 Å². The maximum Gasteiger partial charge on any atom is 0.296 e. The predicted octanol–water partition coefficient (Wildman–Crippen LogP) is 0.429. The van der Waals surface area contributed by atoms with Gasteiger partial charge in [-0.05, 0) is 39.0 Å². The lowest BCUT2D eigenvalue weighted by molar-refractivity contribution is -0.117. The van der Waals surface area contributed by atoms with Crippen LogP contribution in [0.25, 0.3) is 0 Å². The molecule has 2 unspecified atom stereocenters. The first-order valence-electron chi connectivity index (χ1n) is 4.52. The van der Waals surface area contributed by atoms with Crippen LogP contribution in [0.5, 0.6) is 0 Å². The van der Waals surface area contributed by atoms with E-state index in [1.165, 1.54) is 0 Å². The zero-order chi connectivity index (χ0) is 9.90. The third-order valence-corrected chi connectivity index (χ3v) is 2.47. The molecule has 0 aromatic rings. The molecule has 2 atom stereocenters. The van der Waals surface area contributed by atoms with Gasteiger partial charge in [-0.3, -0.25) is 4.79 Å². The summed E-state index contributed by atoms with van der Waals surface area (Å²) in [7, 11) is 0. The molecule has 0 aliphatic heterocycles. The molecule has 3 heteroatoms. The first-order valence-corrected chi connectivity index (χ1v) is 4.52. The van der Waals surface area contributed by atoms with Gasteiger partial charge in [0, 0.05) is 0 Å². The largest absolute Gasteiger partial charge is 0.388 e. The molecular weight excluding hydrogens is 166 g/mol. The Morgan fingerprint density at radius 2 is 2.38 bits per heavy atom. The number of hydrogen-bond donors (Lipinski definition) is 2. The van der Waals surface area contributed by atoms with Crippen molar-refractivity contribution in [2.45, 2.75) is 44.8 Å². The van der Waals surface area contributed by atoms with Gasteiger partial charge in [0.2, 0.25) is 0 Å². The SMILES string of the molecule is CC#CC(=O)NC1CCCC1(C)O. The summed E-state index contributed by atoms with van der Waals surface area (Å²) in [5.41, 5.74) is -0.759. The van der Waals surface area contributed by atoms with Crippen molar-refractivity contribution < 1.29 is 9.90 Å². The number of nitrogens with one attached hydrogen (secondary N) is 1. The Morgan fingerprint density at radius 1 is 1.69 bits per heavy atom. The fourth-order valence-electron chi connectivity index (χ4n) is 1.68. The molecule has 0 bridgehead atoms. The van der Waals surface area contributed by atoms with Crippen LogP contribution in [0.2, 0.25) is 0 Å². The molecule has 1 aliphatic carbocycles. The van der Waals surface area contributed by atoms with Crippen molar-refractivity contribution in [2.24, 2.45) is 0 Å². The molecular formula is C10H15NO2. The third-order valence-electron chi connectivity index (χ3n) is 2.47. The molecule has 0 saturated heterocycles. The van der Waals surface area contributed by atoms with Gasteiger partial charge in [-0.2, -0.15) is 0 Å². The van der Waals surface area contributed by atoms with Crippen molar-refractivity contribution in [3.05, 3.63) is 0 Å². The summed E-state index contributed by atoms with van der Waals surface area (Å²) in [4.78, 5) is 11.1. The Kier molecular flexibility index (Phi) is 2.94. The van der Waals surface area contributed by atoms with Gasteiger partial charge in [0.05, 0.1) is 11.6 Å². The fraction of sp³-hybridized carbons (Fsp3) is 0.700. The zero-order valence-corrected chi connectivity index (χ0v) is 8.05. The number of amides is 1. The van der Waals surface area contributed by atoms with Crippen molar-refractivity contribution in [1.29, 1.82) is 0 Å². The molecule has 0 heterocycles. The van der Waals surface area contributed by atoms with Crippen molar-refractivity contribution in [3.63, 3.8) is 0 Å². The van der Waals surface area contributed by atoms with Gasteiger partial charge in [0.15, 0.2) is 0 Å². The summed E-state index contributed by atoms with van der Waals surface area (Å²) < 4.78 is 0. The van der Waals surface area contributed by atoms with Crippen LogP contribution < -0.4 is 5.32 Å². The third kappa shape index (κ3) is 2.46. The topological polar surface area (TPSA) is 49.3 Å². The Balaban J connectivity index is 2.53. The van der Waals surface area contributed by atoms with Crippen LogP contribution in [0.4, 0.5) is 0 Å². The van der Waals surface area contributed by atoms with E-state index in [0.717, 1.165) is 19.3 Å². The molecule has 1 rings (SSSR count). The van der Waals surface area contributed by atoms with E-state index in [4.69, 9.17) is 0 Å². The maximum atomic E-state index is 11.1. The van der Waals surface area contributed by atoms with Gasteiger partial charge in [0.1, 0.15) is 0 Å². The van der Waals surface area contributed by atoms with Crippen LogP contribution in [0.15, 0.2) is 0 Å². The lowest BCUT2D eigenvalue weighted by Gasteiger charge is -2.25. The summed E-state index contributed by atoms with van der Waals surface area (Å²) in [6.07, 6.45) is 2.54. The Labute approximate surface area is 78.5 Å². The van der Waals surface area contributed by atoms with E-state index in [2.05, 4.69) is 17.2 Å². The normalized spacial score (nSPS) is 32.1. The maximum absolute atomic E-state index is 11.1. The molecule has 1 aliphatic rings. The summed E-state index contributed by atoms with van der Waals surface area (Å²) in [5, 5.41) is 12.5. The molecule has 0 aromatic carbocycles. The lowest BCUT2D eigenvalue weighted by Crippen LogP contribution is -2.46. The first-order chi connectivity index (χ1) is 6.06. The zero-order valence-electron chi connectivity index (χ0n) is 8.05. The molecule has 0 spiro atoms. The number of rotatable bonds is 1. The molecule has 72 valence electrons. The van der Waals surface area contributed by atoms with Crippen LogP contribution in [-0.2, 0) is 4.79 Å². The molecule has 1 saturated carbocycles. The van der Waals surface area contributed by atoms with Gasteiger partial charge in [-0.15, -0.1) is 0 Å². The number of hydrogen-bond acceptors (Lipinski definition) is 2. The van der Waals surface area contributed by atoms with Crippen molar-refractivity contribution in [3.8, 4) is 11.8 Å². The summed E-state index contributed by atoms with van der Waals surface area (Å²) in [6.45, 7) is 3.37. The average molecular weight is 181 g/mol. The number of carbonyl (C=O) groups excluding carboxylic acids is 1. The van der Waals surface area contributed by atoms with E-state index in [1.54, 1.807) is 13.8 Å². The average Bonchev–Trinajstić information content (AvgIpc) is 2.31. The monoisotopic (exact) mass is 181 g/mol. The van der Waals surface area contributed by atoms with Crippen molar-refractivity contribution in [1.82, 2.24) is 5.32 Å². The minimum absolute atomic E-state index is 0.138. The lowest BCUT2D eigenvalue weighted by atomic mass is 10.0. The predicted molar refractivity (Wildman–Crippen MR) is 49.9 cm³/mol. The first kappa shape index (κ1) is 10.1. The summed E-state index contributed by atoms with van der Waals surface area (Å²) in [6, 6.07) is -0.138. The molecule has 2 N–H and O–H groups in total. The van der Waals surface area contributed by atoms with Gasteiger partial charge in [-0.1, -0.05) is 5.92 Å². The number of aliphatic hydroxyl groups is 1. The fourth-order valence-corrected chi connectivity index (χ4v) is 1.68. The van der Waals surface area contributed by atoms with Gasteiger partial charge < -0.3 is 10.4 Å². The second-order valence-corrected chi connectivity index (χ2v) is 3.65. The Morgan fingerprint density at radius 3 is 2.85 bits per heavy atom. The van der Waals surface area contributed by atoms with Crippen LogP contribution in [0.1, 0.15) is 33.1 Å². The second kappa shape index (κ2) is 3.80. The quantitative estimate of drug-likeness (QED) is 0.576. The highest BCUT2D eigenvalue weighted by Crippen LogP contribution is 2.29. The van der Waals surface area contributed by atoms with Gasteiger partial charge in [-0.25, -0.2) is 0 Å². The Hall–Kier alpha value is -1.01. The van der Waals surface area contributed by atoms with E-state index >= 15 is 0 Å². The smallest absolute Gasteiger partial charge is 0.296 e. The highest BCUT2D eigenvalue weighted by molar-refractivity contribution is 5.93. The summed E-state index contributed by atoms with van der Waals surface area (Å²) >= 11 is 0. The second-order valence-electron chi connectivity index (χ2n) is 3.65. The van der Waals surface area contributed by atoms with E-state index in [0.29, 0.717) is 0 Å². The Bertz CT molecular complexity index is 260. The molecule has 13 heavy (non-hydrogen) atoms. The van der Waals surface area contributed by atoms with Crippen LogP contribution >= 0.6 is 0 Å². The molecule has 0 radical (unpaired) electrons. The molecule has 1 fully saturated rings. The summed E-state index contributed by atoms with van der Waals surface area (Å²) in [5.74, 6) is 4.63. The molecule has 1 amide bonds. The molecule has 3 nitrogen and oxygen atoms in total. The van der Waals surface area contributed by atoms with Crippen molar-refractivity contribution >= 4 is 5.91 Å². The minimum Gasteiger partial charge on any atom is -0.388 e. The van der Waals surface area contributed by atoms with Crippen LogP contribution in [0.3, 0.4) is 0 Å². The highest BCUT2D eigenvalue weighted by atomic mass is 16.3. The van der Waals surface area contributed by atoms with E-state index in [-0.39, 0.29) is 11.9 Å². The highest BCUT2D eigenvalue weighted by Gasteiger charge is 2.37. The molecule has 0 aromatic heterocycles.